The number of nitrogens with two attached hydrogens (primary N) is 1. The van der Waals surface area contributed by atoms with Gasteiger partial charge in [0.05, 0.1) is 12.2 Å². The highest BCUT2D eigenvalue weighted by Gasteiger charge is 2.46. The van der Waals surface area contributed by atoms with E-state index in [0.29, 0.717) is 31.9 Å². The number of aliphatic imine (C=N–C) groups is 1. The summed E-state index contributed by atoms with van der Waals surface area (Å²) in [4.78, 5) is 31.6. The third-order valence-electron chi connectivity index (χ3n) is 6.47. The number of benzene rings is 1. The Balaban J connectivity index is 1.62. The molecule has 1 fully saturated rings. The Morgan fingerprint density at radius 3 is 2.62 bits per heavy atom. The predicted molar refractivity (Wildman–Crippen MR) is 123 cm³/mol. The smallest absolute Gasteiger partial charge is 0.314 e. The van der Waals surface area contributed by atoms with E-state index in [9.17, 15) is 9.59 Å². The summed E-state index contributed by atoms with van der Waals surface area (Å²) in [5, 5.41) is 11.3. The van der Waals surface area contributed by atoms with Crippen LogP contribution in [0.1, 0.15) is 50.3 Å². The first-order chi connectivity index (χ1) is 15.4. The van der Waals surface area contributed by atoms with Crippen molar-refractivity contribution in [1.29, 1.82) is 0 Å². The molecule has 32 heavy (non-hydrogen) atoms. The summed E-state index contributed by atoms with van der Waals surface area (Å²) in [6.07, 6.45) is 5.43. The van der Waals surface area contributed by atoms with E-state index in [4.69, 9.17) is 5.73 Å². The van der Waals surface area contributed by atoms with Crippen LogP contribution in [0.4, 0.5) is 10.6 Å². The van der Waals surface area contributed by atoms with E-state index in [1.165, 1.54) is 0 Å². The van der Waals surface area contributed by atoms with E-state index in [1.54, 1.807) is 17.3 Å². The van der Waals surface area contributed by atoms with Gasteiger partial charge in [-0.1, -0.05) is 30.3 Å². The predicted octanol–water partition coefficient (Wildman–Crippen LogP) is 2.21. The van der Waals surface area contributed by atoms with E-state index in [0.717, 1.165) is 24.0 Å². The standard InChI is InChI=1S/C23H31N7O2/c1-3-30-20-19(15-26-30)23(11-12-25-20,28-18-9-13-29(14-10-18)22(24)32)21(31)27-16(2)17-7-5-4-6-8-17/h4-8,12,15-16,18,28H,3,9-11,13-14H2,1-2H3,(H2,24,32)(H,27,31)/t16-,23?/m1/s1. The molecule has 3 heterocycles. The minimum atomic E-state index is -0.979. The average Bonchev–Trinajstić information content (AvgIpc) is 3.24. The molecule has 2 aliphatic heterocycles. The van der Waals surface area contributed by atoms with Crippen molar-refractivity contribution in [3.8, 4) is 0 Å². The molecule has 2 aliphatic rings. The van der Waals surface area contributed by atoms with Crippen molar-refractivity contribution in [3.05, 3.63) is 47.7 Å². The van der Waals surface area contributed by atoms with Crippen LogP contribution >= 0.6 is 0 Å². The molecule has 0 saturated carbocycles. The van der Waals surface area contributed by atoms with E-state index in [2.05, 4.69) is 20.7 Å². The van der Waals surface area contributed by atoms with Crippen molar-refractivity contribution in [2.75, 3.05) is 13.1 Å². The quantitative estimate of drug-likeness (QED) is 0.642. The second kappa shape index (κ2) is 9.12. The summed E-state index contributed by atoms with van der Waals surface area (Å²) in [7, 11) is 0. The highest BCUT2D eigenvalue weighted by Crippen LogP contribution is 2.38. The molecule has 1 aromatic carbocycles. The van der Waals surface area contributed by atoms with E-state index in [1.807, 2.05) is 48.9 Å². The second-order valence-corrected chi connectivity index (χ2v) is 8.47. The van der Waals surface area contributed by atoms with Crippen LogP contribution in [-0.2, 0) is 16.9 Å². The number of nitrogens with zero attached hydrogens (tertiary/aromatic N) is 4. The van der Waals surface area contributed by atoms with Gasteiger partial charge in [0.25, 0.3) is 0 Å². The third-order valence-corrected chi connectivity index (χ3v) is 6.47. The van der Waals surface area contributed by atoms with Gasteiger partial charge in [0.15, 0.2) is 5.82 Å². The summed E-state index contributed by atoms with van der Waals surface area (Å²) >= 11 is 0. The molecule has 2 aromatic rings. The van der Waals surface area contributed by atoms with Gasteiger partial charge < -0.3 is 16.0 Å². The molecule has 4 rings (SSSR count). The van der Waals surface area contributed by atoms with Gasteiger partial charge in [0.1, 0.15) is 5.54 Å². The molecule has 9 heteroatoms. The van der Waals surface area contributed by atoms with Crippen molar-refractivity contribution < 1.29 is 9.59 Å². The average molecular weight is 438 g/mol. The van der Waals surface area contributed by atoms with Gasteiger partial charge in [0, 0.05) is 43.9 Å². The number of carbonyl (C=O) groups excluding carboxylic acids is 2. The largest absolute Gasteiger partial charge is 0.351 e. The van der Waals surface area contributed by atoms with Gasteiger partial charge in [-0.2, -0.15) is 5.10 Å². The van der Waals surface area contributed by atoms with Gasteiger partial charge >= 0.3 is 6.03 Å². The van der Waals surface area contributed by atoms with Gasteiger partial charge in [-0.3, -0.25) is 10.1 Å². The Hall–Kier alpha value is -3.20. The number of rotatable bonds is 6. The summed E-state index contributed by atoms with van der Waals surface area (Å²) in [6.45, 7) is 5.80. The number of primary amides is 1. The van der Waals surface area contributed by atoms with Crippen molar-refractivity contribution in [2.45, 2.75) is 57.3 Å². The summed E-state index contributed by atoms with van der Waals surface area (Å²) in [5.41, 5.74) is 6.29. The number of aryl methyl sites for hydroxylation is 1. The van der Waals surface area contributed by atoms with Gasteiger partial charge in [-0.25, -0.2) is 14.5 Å². The zero-order valence-corrected chi connectivity index (χ0v) is 18.6. The number of likely N-dealkylation sites (tertiary alicyclic amines) is 1. The highest BCUT2D eigenvalue weighted by atomic mass is 16.2. The Kier molecular flexibility index (Phi) is 6.27. The Bertz CT molecular complexity index is 995. The van der Waals surface area contributed by atoms with Crippen LogP contribution in [0.25, 0.3) is 0 Å². The number of piperidine rings is 1. The van der Waals surface area contributed by atoms with Crippen LogP contribution in [0.3, 0.4) is 0 Å². The molecule has 0 spiro atoms. The Labute approximate surface area is 188 Å². The molecule has 1 saturated heterocycles. The molecule has 0 radical (unpaired) electrons. The third kappa shape index (κ3) is 4.12. The maximum Gasteiger partial charge on any atom is 0.314 e. The Morgan fingerprint density at radius 2 is 1.97 bits per heavy atom. The van der Waals surface area contributed by atoms with Crippen LogP contribution < -0.4 is 16.4 Å². The number of carbonyl (C=O) groups is 2. The fourth-order valence-corrected chi connectivity index (χ4v) is 4.58. The first kappa shape index (κ1) is 22.0. The number of hydrogen-bond acceptors (Lipinski definition) is 5. The molecular weight excluding hydrogens is 406 g/mol. The molecule has 0 aliphatic carbocycles. The zero-order valence-electron chi connectivity index (χ0n) is 18.6. The maximum atomic E-state index is 13.9. The monoisotopic (exact) mass is 437 g/mol. The molecule has 3 amide bonds. The van der Waals surface area contributed by atoms with Crippen LogP contribution in [0.2, 0.25) is 0 Å². The second-order valence-electron chi connectivity index (χ2n) is 8.47. The van der Waals surface area contributed by atoms with E-state index >= 15 is 0 Å². The molecular formula is C23H31N7O2. The van der Waals surface area contributed by atoms with Crippen LogP contribution in [0, 0.1) is 0 Å². The number of aromatic nitrogens is 2. The van der Waals surface area contributed by atoms with E-state index < -0.39 is 11.6 Å². The number of urea groups is 1. The van der Waals surface area contributed by atoms with Gasteiger partial charge in [-0.05, 0) is 32.3 Å². The molecule has 1 unspecified atom stereocenters. The number of fused-ring (bicyclic) bond motifs is 1. The highest BCUT2D eigenvalue weighted by molar-refractivity contribution is 5.94. The molecule has 2 atom stereocenters. The minimum Gasteiger partial charge on any atom is -0.351 e. The normalized spacial score (nSPS) is 21.8. The van der Waals surface area contributed by atoms with Crippen LogP contribution in [0.5, 0.6) is 0 Å². The lowest BCUT2D eigenvalue weighted by Crippen LogP contribution is -2.60. The van der Waals surface area contributed by atoms with Gasteiger partial charge in [-0.15, -0.1) is 0 Å². The Morgan fingerprint density at radius 1 is 1.25 bits per heavy atom. The first-order valence-electron chi connectivity index (χ1n) is 11.2. The fourth-order valence-electron chi connectivity index (χ4n) is 4.58. The lowest BCUT2D eigenvalue weighted by Gasteiger charge is -2.40. The number of nitrogens with one attached hydrogen (secondary N) is 2. The van der Waals surface area contributed by atoms with Crippen LogP contribution in [-0.4, -0.2) is 52.0 Å². The number of amides is 3. The van der Waals surface area contributed by atoms with Crippen LogP contribution in [0.15, 0.2) is 41.5 Å². The summed E-state index contributed by atoms with van der Waals surface area (Å²) in [6, 6.07) is 9.42. The van der Waals surface area contributed by atoms with Crippen molar-refractivity contribution in [1.82, 2.24) is 25.3 Å². The molecule has 0 bridgehead atoms. The lowest BCUT2D eigenvalue weighted by molar-refractivity contribution is -0.129. The van der Waals surface area contributed by atoms with E-state index in [-0.39, 0.29) is 18.0 Å². The zero-order chi connectivity index (χ0) is 22.7. The van der Waals surface area contributed by atoms with Crippen molar-refractivity contribution in [2.24, 2.45) is 10.7 Å². The molecule has 9 nitrogen and oxygen atoms in total. The number of hydrogen-bond donors (Lipinski definition) is 3. The topological polar surface area (TPSA) is 118 Å². The molecule has 1 aromatic heterocycles. The SMILES string of the molecule is CCn1ncc2c1N=CCC2(NC1CCN(C(N)=O)CC1)C(=O)N[C@H](C)c1ccccc1. The first-order valence-corrected chi connectivity index (χ1v) is 11.2. The van der Waals surface area contributed by atoms with Crippen molar-refractivity contribution in [3.63, 3.8) is 0 Å². The molecule has 4 N–H and O–H groups in total. The lowest BCUT2D eigenvalue weighted by atomic mass is 9.83. The minimum absolute atomic E-state index is 0.0627. The summed E-state index contributed by atoms with van der Waals surface area (Å²) < 4.78 is 1.81. The van der Waals surface area contributed by atoms with Crippen molar-refractivity contribution >= 4 is 24.0 Å². The fraction of sp³-hybridized carbons (Fsp3) is 0.478. The summed E-state index contributed by atoms with van der Waals surface area (Å²) in [5.74, 6) is 0.609. The van der Waals surface area contributed by atoms with Gasteiger partial charge in [0.2, 0.25) is 5.91 Å². The molecule has 170 valence electrons. The maximum absolute atomic E-state index is 13.9.